The van der Waals surface area contributed by atoms with E-state index in [-0.39, 0.29) is 22.4 Å². The molecule has 1 aromatic heterocycles. The fourth-order valence-corrected chi connectivity index (χ4v) is 3.85. The van der Waals surface area contributed by atoms with Crippen LogP contribution in [0.4, 0.5) is 10.5 Å². The number of nitrogens with two attached hydrogens (primary N) is 1. The van der Waals surface area contributed by atoms with Gasteiger partial charge in [-0.05, 0) is 32.9 Å². The molecule has 33 heavy (non-hydrogen) atoms. The summed E-state index contributed by atoms with van der Waals surface area (Å²) in [6, 6.07) is 2.88. The van der Waals surface area contributed by atoms with E-state index in [1.807, 2.05) is 0 Å². The molecule has 1 saturated heterocycles. The molecule has 1 unspecified atom stereocenters. The Bertz CT molecular complexity index is 1140. The topological polar surface area (TPSA) is 180 Å². The fourth-order valence-electron chi connectivity index (χ4n) is 3.85. The van der Waals surface area contributed by atoms with Crippen molar-refractivity contribution in [2.75, 3.05) is 12.4 Å². The molecular formula is C21H26N2O10. The Morgan fingerprint density at radius 1 is 1.27 bits per heavy atom. The van der Waals surface area contributed by atoms with Crippen LogP contribution in [-0.2, 0) is 19.0 Å². The van der Waals surface area contributed by atoms with E-state index in [0.29, 0.717) is 5.56 Å². The quantitative estimate of drug-likeness (QED) is 0.466. The van der Waals surface area contributed by atoms with Crippen molar-refractivity contribution in [3.8, 4) is 11.5 Å². The number of fused-ring (bicyclic) bond motifs is 1. The smallest absolute Gasteiger partial charge is 0.404 e. The number of primary amides is 1. The largest absolute Gasteiger partial charge is 0.505 e. The van der Waals surface area contributed by atoms with Gasteiger partial charge in [-0.2, -0.15) is 0 Å². The Kier molecular flexibility index (Phi) is 6.54. The van der Waals surface area contributed by atoms with Crippen molar-refractivity contribution in [2.24, 2.45) is 5.73 Å². The van der Waals surface area contributed by atoms with Crippen molar-refractivity contribution in [1.29, 1.82) is 0 Å². The molecule has 0 bridgehead atoms. The molecule has 12 heteroatoms. The van der Waals surface area contributed by atoms with Gasteiger partial charge < -0.3 is 44.6 Å². The van der Waals surface area contributed by atoms with Gasteiger partial charge in [-0.15, -0.1) is 0 Å². The van der Waals surface area contributed by atoms with E-state index in [1.165, 1.54) is 26.2 Å². The van der Waals surface area contributed by atoms with Crippen molar-refractivity contribution in [1.82, 2.24) is 0 Å². The lowest BCUT2D eigenvalue weighted by Gasteiger charge is -2.47. The average Bonchev–Trinajstić information content (AvgIpc) is 2.70. The molecule has 1 aliphatic rings. The van der Waals surface area contributed by atoms with Crippen LogP contribution in [0.2, 0.25) is 0 Å². The SMILES string of the molecule is CO[C@@H]1[C@@H](OC(N)=O)[C@H](O)C(Oc2ccc3c(O)c(NC(C)=O)c(=O)oc3c2C)OC1(C)C. The average molecular weight is 466 g/mol. The highest BCUT2D eigenvalue weighted by Crippen LogP contribution is 2.38. The van der Waals surface area contributed by atoms with E-state index in [2.05, 4.69) is 5.32 Å². The van der Waals surface area contributed by atoms with E-state index < -0.39 is 53.6 Å². The van der Waals surface area contributed by atoms with E-state index in [0.717, 1.165) is 0 Å². The van der Waals surface area contributed by atoms with Gasteiger partial charge in [-0.25, -0.2) is 9.59 Å². The highest BCUT2D eigenvalue weighted by atomic mass is 16.7. The summed E-state index contributed by atoms with van der Waals surface area (Å²) >= 11 is 0. The third-order valence-corrected chi connectivity index (χ3v) is 5.32. The number of ether oxygens (including phenoxy) is 4. The van der Waals surface area contributed by atoms with Crippen molar-refractivity contribution < 1.29 is 43.2 Å². The Morgan fingerprint density at radius 3 is 2.52 bits per heavy atom. The summed E-state index contributed by atoms with van der Waals surface area (Å²) in [7, 11) is 1.37. The number of methoxy groups -OCH3 is 1. The second kappa shape index (κ2) is 8.89. The van der Waals surface area contributed by atoms with Crippen LogP contribution >= 0.6 is 0 Å². The summed E-state index contributed by atoms with van der Waals surface area (Å²) in [6.45, 7) is 6.07. The molecule has 12 nitrogen and oxygen atoms in total. The number of aliphatic hydroxyl groups excluding tert-OH is 1. The number of hydrogen-bond acceptors (Lipinski definition) is 10. The second-order valence-electron chi connectivity index (χ2n) is 8.12. The van der Waals surface area contributed by atoms with Crippen molar-refractivity contribution >= 4 is 28.7 Å². The van der Waals surface area contributed by atoms with Gasteiger partial charge in [0, 0.05) is 19.6 Å². The van der Waals surface area contributed by atoms with Gasteiger partial charge in [0.1, 0.15) is 17.4 Å². The van der Waals surface area contributed by atoms with Crippen LogP contribution in [0.5, 0.6) is 11.5 Å². The normalized spacial score (nSPS) is 24.3. The van der Waals surface area contributed by atoms with Gasteiger partial charge in [0.25, 0.3) is 0 Å². The molecular weight excluding hydrogens is 440 g/mol. The van der Waals surface area contributed by atoms with Crippen LogP contribution in [0, 0.1) is 6.92 Å². The molecule has 1 aliphatic heterocycles. The molecule has 2 heterocycles. The van der Waals surface area contributed by atoms with E-state index in [9.17, 15) is 24.6 Å². The maximum absolute atomic E-state index is 12.3. The minimum Gasteiger partial charge on any atom is -0.505 e. The summed E-state index contributed by atoms with van der Waals surface area (Å²) < 4.78 is 27.4. The van der Waals surface area contributed by atoms with Gasteiger partial charge in [0.15, 0.2) is 23.6 Å². The number of rotatable bonds is 5. The molecule has 0 radical (unpaired) electrons. The number of carbonyl (C=O) groups is 2. The van der Waals surface area contributed by atoms with E-state index in [4.69, 9.17) is 29.1 Å². The highest BCUT2D eigenvalue weighted by Gasteiger charge is 2.53. The lowest BCUT2D eigenvalue weighted by atomic mass is 9.89. The molecule has 2 aromatic rings. The van der Waals surface area contributed by atoms with E-state index >= 15 is 0 Å². The third-order valence-electron chi connectivity index (χ3n) is 5.32. The van der Waals surface area contributed by atoms with E-state index in [1.54, 1.807) is 20.8 Å². The first-order valence-electron chi connectivity index (χ1n) is 9.95. The molecule has 4 atom stereocenters. The van der Waals surface area contributed by atoms with Gasteiger partial charge in [0.05, 0.1) is 11.0 Å². The van der Waals surface area contributed by atoms with Crippen LogP contribution in [0.25, 0.3) is 11.0 Å². The first kappa shape index (κ1) is 24.3. The van der Waals surface area contributed by atoms with Gasteiger partial charge in [-0.3, -0.25) is 4.79 Å². The number of hydrogen-bond donors (Lipinski definition) is 4. The Hall–Kier alpha value is -3.35. The molecule has 0 aliphatic carbocycles. The van der Waals surface area contributed by atoms with Crippen LogP contribution in [0.3, 0.4) is 0 Å². The van der Waals surface area contributed by atoms with Crippen molar-refractivity contribution in [3.05, 3.63) is 28.1 Å². The zero-order chi connectivity index (χ0) is 24.7. The number of aromatic hydroxyl groups is 1. The number of aliphatic hydroxyl groups is 1. The number of amides is 2. The molecule has 3 rings (SSSR count). The van der Waals surface area contributed by atoms with Crippen molar-refractivity contribution in [2.45, 2.75) is 57.9 Å². The van der Waals surface area contributed by atoms with Crippen molar-refractivity contribution in [3.63, 3.8) is 0 Å². The summed E-state index contributed by atoms with van der Waals surface area (Å²) in [6.07, 6.45) is -5.94. The minimum atomic E-state index is -1.48. The molecule has 1 aromatic carbocycles. The van der Waals surface area contributed by atoms with Gasteiger partial charge in [0.2, 0.25) is 12.2 Å². The molecule has 0 spiro atoms. The zero-order valence-corrected chi connectivity index (χ0v) is 18.7. The van der Waals surface area contributed by atoms with Crippen LogP contribution in [0.15, 0.2) is 21.3 Å². The number of nitrogens with one attached hydrogen (secondary N) is 1. The van der Waals surface area contributed by atoms with Crippen LogP contribution in [-0.4, -0.2) is 59.5 Å². The summed E-state index contributed by atoms with van der Waals surface area (Å²) in [5.41, 5.74) is 3.07. The minimum absolute atomic E-state index is 0.00775. The highest BCUT2D eigenvalue weighted by molar-refractivity contribution is 5.97. The first-order chi connectivity index (χ1) is 15.4. The molecule has 180 valence electrons. The third kappa shape index (κ3) is 4.58. The lowest BCUT2D eigenvalue weighted by molar-refractivity contribution is -0.304. The summed E-state index contributed by atoms with van der Waals surface area (Å²) in [5, 5.41) is 23.6. The first-order valence-corrected chi connectivity index (χ1v) is 9.95. The molecule has 5 N–H and O–H groups in total. The Balaban J connectivity index is 2.00. The standard InChI is InChI=1S/C21H26N2O10/c1-8-11(7-6-10-13(25)12(23-9(2)24)18(27)31-15(8)10)30-19-14(26)16(32-20(22)28)17(29-5)21(3,4)33-19/h6-7,14,16-17,19,25-26H,1-5H3,(H2,22,28)(H,23,24)/t14-,16-,17+,19?/m0/s1. The zero-order valence-electron chi connectivity index (χ0n) is 18.7. The molecule has 0 saturated carbocycles. The maximum atomic E-state index is 12.3. The number of anilines is 1. The predicted molar refractivity (Wildman–Crippen MR) is 114 cm³/mol. The number of carbonyl (C=O) groups excluding carboxylic acids is 2. The second-order valence-corrected chi connectivity index (χ2v) is 8.12. The maximum Gasteiger partial charge on any atom is 0.404 e. The Labute approximate surface area is 188 Å². The number of benzene rings is 1. The van der Waals surface area contributed by atoms with Crippen LogP contribution in [0.1, 0.15) is 26.3 Å². The number of aryl methyl sites for hydroxylation is 1. The lowest BCUT2D eigenvalue weighted by Crippen LogP contribution is -2.65. The molecule has 2 amide bonds. The monoisotopic (exact) mass is 466 g/mol. The van der Waals surface area contributed by atoms with Gasteiger partial charge in [-0.1, -0.05) is 0 Å². The summed E-state index contributed by atoms with van der Waals surface area (Å²) in [5.74, 6) is -0.855. The molecule has 1 fully saturated rings. The fraction of sp³-hybridized carbons (Fsp3) is 0.476. The Morgan fingerprint density at radius 2 is 1.94 bits per heavy atom. The predicted octanol–water partition coefficient (Wildman–Crippen LogP) is 1.12. The summed E-state index contributed by atoms with van der Waals surface area (Å²) in [4.78, 5) is 35.0. The van der Waals surface area contributed by atoms with Crippen LogP contribution < -0.4 is 21.4 Å². The van der Waals surface area contributed by atoms with Gasteiger partial charge >= 0.3 is 11.7 Å².